The molecule has 0 fully saturated rings. The summed E-state index contributed by atoms with van der Waals surface area (Å²) in [5, 5.41) is 0. The van der Waals surface area contributed by atoms with Gasteiger partial charge in [0.15, 0.2) is 0 Å². The van der Waals surface area contributed by atoms with Crippen molar-refractivity contribution in [2.45, 2.75) is 33.2 Å². The van der Waals surface area contributed by atoms with Crippen molar-refractivity contribution >= 4 is 11.7 Å². The van der Waals surface area contributed by atoms with Gasteiger partial charge in [0.1, 0.15) is 5.71 Å². The predicted octanol–water partition coefficient (Wildman–Crippen LogP) is 1.97. The fourth-order valence-electron chi connectivity index (χ4n) is 0.776. The minimum atomic E-state index is -0.376. The van der Waals surface area contributed by atoms with E-state index in [1.165, 1.54) is 7.11 Å². The summed E-state index contributed by atoms with van der Waals surface area (Å²) in [6.07, 6.45) is 4.47. The molecule has 74 valence electrons. The Balaban J connectivity index is 4.55. The molecular formula is C10H17NO2. The second kappa shape index (κ2) is 6.40. The first kappa shape index (κ1) is 11.9. The number of hydrogen-bond donors (Lipinski definition) is 0. The van der Waals surface area contributed by atoms with Crippen molar-refractivity contribution in [1.82, 2.24) is 0 Å². The van der Waals surface area contributed by atoms with Crippen molar-refractivity contribution < 1.29 is 9.53 Å². The Morgan fingerprint density at radius 2 is 2.15 bits per heavy atom. The number of aliphatic imine (C=N–C) groups is 1. The Hall–Kier alpha value is -1.12. The normalized spacial score (nSPS) is 12.5. The fraction of sp³-hybridized carbons (Fsp3) is 0.600. The lowest BCUT2D eigenvalue weighted by Gasteiger charge is -2.01. The third-order valence-electron chi connectivity index (χ3n) is 1.30. The van der Waals surface area contributed by atoms with Gasteiger partial charge in [-0.2, -0.15) is 0 Å². The number of hydrogen-bond acceptors (Lipinski definition) is 3. The molecule has 0 unspecified atom stereocenters. The summed E-state index contributed by atoms with van der Waals surface area (Å²) in [5.41, 5.74) is 0.388. The number of ether oxygens (including phenoxy) is 1. The maximum Gasteiger partial charge on any atom is 0.356 e. The van der Waals surface area contributed by atoms with Crippen molar-refractivity contribution in [1.29, 1.82) is 0 Å². The quantitative estimate of drug-likeness (QED) is 0.493. The van der Waals surface area contributed by atoms with E-state index in [0.29, 0.717) is 5.71 Å². The zero-order chi connectivity index (χ0) is 10.3. The molecule has 3 heteroatoms. The van der Waals surface area contributed by atoms with Gasteiger partial charge in [-0.25, -0.2) is 4.79 Å². The molecule has 3 nitrogen and oxygen atoms in total. The van der Waals surface area contributed by atoms with Crippen LogP contribution in [-0.2, 0) is 9.53 Å². The van der Waals surface area contributed by atoms with Gasteiger partial charge in [-0.05, 0) is 26.3 Å². The highest BCUT2D eigenvalue weighted by molar-refractivity contribution is 6.41. The van der Waals surface area contributed by atoms with Gasteiger partial charge in [-0.1, -0.05) is 13.0 Å². The third-order valence-corrected chi connectivity index (χ3v) is 1.30. The van der Waals surface area contributed by atoms with Crippen molar-refractivity contribution in [3.63, 3.8) is 0 Å². The SMILES string of the molecule is CC/C=C\C(=NC(C)C)C(=O)OC. The smallest absolute Gasteiger partial charge is 0.356 e. The Bertz CT molecular complexity index is 217. The average molecular weight is 183 g/mol. The van der Waals surface area contributed by atoms with Gasteiger partial charge in [0.2, 0.25) is 0 Å². The molecule has 0 saturated heterocycles. The van der Waals surface area contributed by atoms with Gasteiger partial charge in [0.05, 0.1) is 7.11 Å². The molecular weight excluding hydrogens is 166 g/mol. The zero-order valence-corrected chi connectivity index (χ0v) is 8.70. The molecule has 0 rings (SSSR count). The Kier molecular flexibility index (Phi) is 5.85. The maximum atomic E-state index is 11.1. The van der Waals surface area contributed by atoms with Gasteiger partial charge >= 0.3 is 5.97 Å². The first-order valence-corrected chi connectivity index (χ1v) is 4.44. The van der Waals surface area contributed by atoms with Crippen LogP contribution in [0.4, 0.5) is 0 Å². The molecule has 0 aliphatic heterocycles. The molecule has 0 bridgehead atoms. The van der Waals surface area contributed by atoms with Gasteiger partial charge in [-0.15, -0.1) is 0 Å². The van der Waals surface area contributed by atoms with E-state index in [1.807, 2.05) is 26.8 Å². The highest BCUT2D eigenvalue weighted by Crippen LogP contribution is 1.94. The Labute approximate surface area is 79.5 Å². The fourth-order valence-corrected chi connectivity index (χ4v) is 0.776. The summed E-state index contributed by atoms with van der Waals surface area (Å²) in [5.74, 6) is -0.376. The van der Waals surface area contributed by atoms with E-state index in [1.54, 1.807) is 6.08 Å². The number of methoxy groups -OCH3 is 1. The minimum Gasteiger partial charge on any atom is -0.464 e. The molecule has 0 aromatic carbocycles. The van der Waals surface area contributed by atoms with E-state index in [-0.39, 0.29) is 12.0 Å². The van der Waals surface area contributed by atoms with Crippen molar-refractivity contribution in [2.75, 3.05) is 7.11 Å². The second-order valence-corrected chi connectivity index (χ2v) is 2.91. The Morgan fingerprint density at radius 1 is 1.54 bits per heavy atom. The van der Waals surface area contributed by atoms with Crippen molar-refractivity contribution in [3.05, 3.63) is 12.2 Å². The van der Waals surface area contributed by atoms with Gasteiger partial charge < -0.3 is 4.74 Å². The maximum absolute atomic E-state index is 11.1. The second-order valence-electron chi connectivity index (χ2n) is 2.91. The third kappa shape index (κ3) is 5.17. The molecule has 0 radical (unpaired) electrons. The molecule has 0 N–H and O–H groups in total. The van der Waals surface area contributed by atoms with Gasteiger partial charge in [0, 0.05) is 6.04 Å². The molecule has 0 atom stereocenters. The van der Waals surface area contributed by atoms with Crippen LogP contribution in [0.25, 0.3) is 0 Å². The van der Waals surface area contributed by atoms with Crippen molar-refractivity contribution in [2.24, 2.45) is 4.99 Å². The van der Waals surface area contributed by atoms with E-state index in [2.05, 4.69) is 9.73 Å². The lowest BCUT2D eigenvalue weighted by Crippen LogP contribution is -2.15. The zero-order valence-electron chi connectivity index (χ0n) is 8.70. The van der Waals surface area contributed by atoms with Gasteiger partial charge in [-0.3, -0.25) is 4.99 Å². The van der Waals surface area contributed by atoms with E-state index in [0.717, 1.165) is 6.42 Å². The average Bonchev–Trinajstić information content (AvgIpc) is 2.10. The number of rotatable bonds is 4. The van der Waals surface area contributed by atoms with Crippen LogP contribution in [0.5, 0.6) is 0 Å². The van der Waals surface area contributed by atoms with E-state index < -0.39 is 0 Å². The lowest BCUT2D eigenvalue weighted by atomic mass is 10.3. The number of esters is 1. The predicted molar refractivity (Wildman–Crippen MR) is 54.0 cm³/mol. The minimum absolute atomic E-state index is 0.107. The van der Waals surface area contributed by atoms with Crippen LogP contribution in [0, 0.1) is 0 Å². The Morgan fingerprint density at radius 3 is 2.54 bits per heavy atom. The van der Waals surface area contributed by atoms with Crippen LogP contribution in [0.1, 0.15) is 27.2 Å². The monoisotopic (exact) mass is 183 g/mol. The first-order chi connectivity index (χ1) is 6.11. The number of allylic oxidation sites excluding steroid dienone is 1. The van der Waals surface area contributed by atoms with Crippen LogP contribution in [-0.4, -0.2) is 24.8 Å². The summed E-state index contributed by atoms with van der Waals surface area (Å²) in [7, 11) is 1.36. The summed E-state index contributed by atoms with van der Waals surface area (Å²) in [6.45, 7) is 5.84. The number of carbonyl (C=O) groups is 1. The van der Waals surface area contributed by atoms with Crippen LogP contribution in [0.2, 0.25) is 0 Å². The van der Waals surface area contributed by atoms with Crippen LogP contribution in [0.3, 0.4) is 0 Å². The summed E-state index contributed by atoms with van der Waals surface area (Å²) in [4.78, 5) is 15.3. The first-order valence-electron chi connectivity index (χ1n) is 4.44. The standard InChI is InChI=1S/C10H17NO2/c1-5-6-7-9(10(12)13-4)11-8(2)3/h6-8H,5H2,1-4H3/b7-6-,11-9?. The van der Waals surface area contributed by atoms with E-state index >= 15 is 0 Å². The van der Waals surface area contributed by atoms with Crippen LogP contribution >= 0.6 is 0 Å². The van der Waals surface area contributed by atoms with Crippen molar-refractivity contribution in [3.8, 4) is 0 Å². The van der Waals surface area contributed by atoms with E-state index in [9.17, 15) is 4.79 Å². The molecule has 0 heterocycles. The molecule has 0 spiro atoms. The molecule has 0 aliphatic rings. The van der Waals surface area contributed by atoms with Crippen LogP contribution in [0.15, 0.2) is 17.1 Å². The number of carbonyl (C=O) groups excluding carboxylic acids is 1. The molecule has 0 aromatic rings. The van der Waals surface area contributed by atoms with E-state index in [4.69, 9.17) is 0 Å². The molecule has 0 saturated carbocycles. The molecule has 0 amide bonds. The highest BCUT2D eigenvalue weighted by Gasteiger charge is 2.07. The van der Waals surface area contributed by atoms with Gasteiger partial charge in [0.25, 0.3) is 0 Å². The summed E-state index contributed by atoms with van der Waals surface area (Å²) < 4.78 is 4.59. The largest absolute Gasteiger partial charge is 0.464 e. The highest BCUT2D eigenvalue weighted by atomic mass is 16.5. The van der Waals surface area contributed by atoms with Crippen LogP contribution < -0.4 is 0 Å². The molecule has 13 heavy (non-hydrogen) atoms. The molecule has 0 aliphatic carbocycles. The topological polar surface area (TPSA) is 38.7 Å². The summed E-state index contributed by atoms with van der Waals surface area (Å²) >= 11 is 0. The molecule has 0 aromatic heterocycles. The summed E-state index contributed by atoms with van der Waals surface area (Å²) in [6, 6.07) is 0.107. The number of nitrogens with zero attached hydrogens (tertiary/aromatic N) is 1. The lowest BCUT2D eigenvalue weighted by molar-refractivity contribution is -0.132.